The van der Waals surface area contributed by atoms with Gasteiger partial charge >= 0.3 is 0 Å². The summed E-state index contributed by atoms with van der Waals surface area (Å²) in [5.74, 6) is -0.125. The number of anilines is 2. The van der Waals surface area contributed by atoms with E-state index in [0.29, 0.717) is 27.6 Å². The molecule has 1 aliphatic carbocycles. The second-order valence-electron chi connectivity index (χ2n) is 7.84. The van der Waals surface area contributed by atoms with E-state index in [0.717, 1.165) is 29.7 Å². The molecule has 0 spiro atoms. The molecule has 0 atom stereocenters. The van der Waals surface area contributed by atoms with Crippen molar-refractivity contribution in [2.24, 2.45) is 16.5 Å². The molecule has 0 radical (unpaired) electrons. The Bertz CT molecular complexity index is 997. The van der Waals surface area contributed by atoms with Crippen LogP contribution >= 0.6 is 11.3 Å². The van der Waals surface area contributed by atoms with Gasteiger partial charge in [-0.3, -0.25) is 4.79 Å². The van der Waals surface area contributed by atoms with E-state index in [9.17, 15) is 4.79 Å². The summed E-state index contributed by atoms with van der Waals surface area (Å²) in [4.78, 5) is 21.0. The van der Waals surface area contributed by atoms with Crippen molar-refractivity contribution in [1.82, 2.24) is 4.98 Å². The van der Waals surface area contributed by atoms with E-state index in [2.05, 4.69) is 33.3 Å². The summed E-state index contributed by atoms with van der Waals surface area (Å²) in [6.45, 7) is 8.08. The number of aliphatic imine (C=N–C) groups is 1. The first-order chi connectivity index (χ1) is 14.9. The van der Waals surface area contributed by atoms with Gasteiger partial charge in [0.05, 0.1) is 0 Å². The van der Waals surface area contributed by atoms with E-state index in [1.165, 1.54) is 36.8 Å². The van der Waals surface area contributed by atoms with E-state index < -0.39 is 5.91 Å². The zero-order valence-electron chi connectivity index (χ0n) is 18.1. The van der Waals surface area contributed by atoms with Crippen LogP contribution in [0, 0.1) is 13.8 Å². The molecule has 1 amide bonds. The first-order valence-electron chi connectivity index (χ1n) is 10.4. The largest absolute Gasteiger partial charge is 0.405 e. The minimum atomic E-state index is -0.566. The highest BCUT2D eigenvalue weighted by molar-refractivity contribution is 7.18. The molecule has 1 heterocycles. The number of benzene rings is 1. The third-order valence-electron chi connectivity index (χ3n) is 5.04. The third-order valence-corrected chi connectivity index (χ3v) is 6.05. The molecular formula is C23H30N6OS. The van der Waals surface area contributed by atoms with Gasteiger partial charge < -0.3 is 22.1 Å². The van der Waals surface area contributed by atoms with E-state index >= 15 is 0 Å². The SMILES string of the molecule is C=C(/N=C(\C=C/N)c1nc(C(N)=O)c(NC2CCCCC2)s1)Nc1cc(C)cc(C)c1. The van der Waals surface area contributed by atoms with Gasteiger partial charge in [0, 0.05) is 11.7 Å². The predicted octanol–water partition coefficient (Wildman–Crippen LogP) is 4.45. The van der Waals surface area contributed by atoms with Crippen LogP contribution in [-0.2, 0) is 0 Å². The minimum absolute atomic E-state index is 0.233. The van der Waals surface area contributed by atoms with Crippen LogP contribution in [0.1, 0.15) is 58.7 Å². The van der Waals surface area contributed by atoms with Crippen LogP contribution in [0.15, 0.2) is 47.9 Å². The van der Waals surface area contributed by atoms with Gasteiger partial charge in [-0.2, -0.15) is 0 Å². The number of nitrogens with two attached hydrogens (primary N) is 2. The maximum absolute atomic E-state index is 12.0. The Morgan fingerprint density at radius 3 is 2.52 bits per heavy atom. The number of aryl methyl sites for hydroxylation is 2. The molecule has 7 nitrogen and oxygen atoms in total. The van der Waals surface area contributed by atoms with Crippen LogP contribution < -0.4 is 22.1 Å². The van der Waals surface area contributed by atoms with Crippen molar-refractivity contribution in [3.8, 4) is 0 Å². The predicted molar refractivity (Wildman–Crippen MR) is 130 cm³/mol. The molecule has 31 heavy (non-hydrogen) atoms. The summed E-state index contributed by atoms with van der Waals surface area (Å²) in [6.07, 6.45) is 8.80. The monoisotopic (exact) mass is 438 g/mol. The molecule has 164 valence electrons. The molecular weight excluding hydrogens is 408 g/mol. The number of rotatable bonds is 8. The molecule has 0 bridgehead atoms. The van der Waals surface area contributed by atoms with Crippen molar-refractivity contribution in [3.63, 3.8) is 0 Å². The number of amides is 1. The molecule has 2 aromatic rings. The fourth-order valence-corrected chi connectivity index (χ4v) is 4.78. The molecule has 0 unspecified atom stereocenters. The summed E-state index contributed by atoms with van der Waals surface area (Å²) < 4.78 is 0. The second-order valence-corrected chi connectivity index (χ2v) is 8.84. The van der Waals surface area contributed by atoms with Crippen molar-refractivity contribution in [2.45, 2.75) is 52.0 Å². The standard InChI is InChI=1S/C23H30N6OS/c1-14-11-15(2)13-18(12-14)26-16(3)27-19(9-10-24)22-29-20(21(25)30)23(31-22)28-17-7-5-4-6-8-17/h9-13,17,26,28H,3-8,24H2,1-2H3,(H2,25,30)/b10-9-,27-19+. The molecule has 1 aromatic heterocycles. The summed E-state index contributed by atoms with van der Waals surface area (Å²) in [5, 5.41) is 7.90. The van der Waals surface area contributed by atoms with Gasteiger partial charge in [0.25, 0.3) is 5.91 Å². The molecule has 1 aromatic carbocycles. The number of aromatic nitrogens is 1. The van der Waals surface area contributed by atoms with Crippen molar-refractivity contribution in [1.29, 1.82) is 0 Å². The lowest BCUT2D eigenvalue weighted by atomic mass is 9.96. The third kappa shape index (κ3) is 6.18. The fraction of sp³-hybridized carbons (Fsp3) is 0.348. The number of thiazole rings is 1. The zero-order valence-corrected chi connectivity index (χ0v) is 18.9. The quantitative estimate of drug-likeness (QED) is 0.454. The Balaban J connectivity index is 1.86. The van der Waals surface area contributed by atoms with E-state index in [-0.39, 0.29) is 5.69 Å². The van der Waals surface area contributed by atoms with E-state index in [1.54, 1.807) is 6.08 Å². The van der Waals surface area contributed by atoms with Crippen LogP contribution in [-0.4, -0.2) is 22.6 Å². The first kappa shape index (κ1) is 22.6. The lowest BCUT2D eigenvalue weighted by molar-refractivity contribution is 0.0997. The summed E-state index contributed by atoms with van der Waals surface area (Å²) in [7, 11) is 0. The van der Waals surface area contributed by atoms with Crippen molar-refractivity contribution < 1.29 is 4.79 Å². The fourth-order valence-electron chi connectivity index (χ4n) is 3.76. The average molecular weight is 439 g/mol. The molecule has 1 fully saturated rings. The number of allylic oxidation sites excluding steroid dienone is 1. The van der Waals surface area contributed by atoms with E-state index in [1.807, 2.05) is 26.0 Å². The molecule has 1 saturated carbocycles. The first-order valence-corrected chi connectivity index (χ1v) is 11.3. The maximum atomic E-state index is 12.0. The van der Waals surface area contributed by atoms with Gasteiger partial charge in [-0.25, -0.2) is 9.98 Å². The highest BCUT2D eigenvalue weighted by atomic mass is 32.1. The molecule has 6 N–H and O–H groups in total. The normalized spacial score (nSPS) is 15.2. The Labute approximate surface area is 187 Å². The molecule has 8 heteroatoms. The summed E-state index contributed by atoms with van der Waals surface area (Å²) >= 11 is 1.35. The van der Waals surface area contributed by atoms with Gasteiger partial charge in [0.2, 0.25) is 0 Å². The lowest BCUT2D eigenvalue weighted by Gasteiger charge is -2.23. The number of carbonyl (C=O) groups excluding carboxylic acids is 1. The van der Waals surface area contributed by atoms with Crippen molar-refractivity contribution in [2.75, 3.05) is 10.6 Å². The summed E-state index contributed by atoms with van der Waals surface area (Å²) in [5.41, 5.74) is 15.2. The van der Waals surface area contributed by atoms with Crippen LogP contribution in [0.25, 0.3) is 0 Å². The van der Waals surface area contributed by atoms with Crippen LogP contribution in [0.2, 0.25) is 0 Å². The van der Waals surface area contributed by atoms with Gasteiger partial charge in [-0.1, -0.05) is 43.2 Å². The molecule has 1 aliphatic rings. The number of nitrogens with one attached hydrogen (secondary N) is 2. The molecule has 0 saturated heterocycles. The lowest BCUT2D eigenvalue weighted by Crippen LogP contribution is -2.23. The van der Waals surface area contributed by atoms with Gasteiger partial charge in [-0.15, -0.1) is 0 Å². The Hall–Kier alpha value is -3.13. The Morgan fingerprint density at radius 1 is 1.23 bits per heavy atom. The van der Waals surface area contributed by atoms with Crippen molar-refractivity contribution >= 4 is 33.6 Å². The van der Waals surface area contributed by atoms with Gasteiger partial charge in [0.1, 0.15) is 21.5 Å². The van der Waals surface area contributed by atoms with Crippen LogP contribution in [0.3, 0.4) is 0 Å². The molecule has 0 aliphatic heterocycles. The van der Waals surface area contributed by atoms with Crippen LogP contribution in [0.5, 0.6) is 0 Å². The molecule has 3 rings (SSSR count). The van der Waals surface area contributed by atoms with Gasteiger partial charge in [-0.05, 0) is 62.2 Å². The summed E-state index contributed by atoms with van der Waals surface area (Å²) in [6, 6.07) is 6.47. The highest BCUT2D eigenvalue weighted by Gasteiger charge is 2.22. The van der Waals surface area contributed by atoms with Crippen molar-refractivity contribution in [3.05, 3.63) is 64.7 Å². The number of nitrogens with zero attached hydrogens (tertiary/aromatic N) is 2. The number of carbonyl (C=O) groups is 1. The van der Waals surface area contributed by atoms with E-state index in [4.69, 9.17) is 11.5 Å². The second kappa shape index (κ2) is 10.3. The maximum Gasteiger partial charge on any atom is 0.270 e. The highest BCUT2D eigenvalue weighted by Crippen LogP contribution is 2.30. The zero-order chi connectivity index (χ0) is 22.4. The van der Waals surface area contributed by atoms with Crippen LogP contribution in [0.4, 0.5) is 10.7 Å². The number of hydrogen-bond donors (Lipinski definition) is 4. The minimum Gasteiger partial charge on any atom is -0.405 e. The van der Waals surface area contributed by atoms with Gasteiger partial charge in [0.15, 0.2) is 5.69 Å². The Morgan fingerprint density at radius 2 is 1.90 bits per heavy atom. The number of hydrogen-bond acceptors (Lipinski definition) is 7. The topological polar surface area (TPSA) is 118 Å². The smallest absolute Gasteiger partial charge is 0.270 e. The Kier molecular flexibility index (Phi) is 7.46. The number of primary amides is 1. The average Bonchev–Trinajstić information content (AvgIpc) is 3.11.